The normalized spacial score (nSPS) is 26.2. The van der Waals surface area contributed by atoms with Crippen molar-refractivity contribution in [2.45, 2.75) is 46.2 Å². The molecule has 0 bridgehead atoms. The van der Waals surface area contributed by atoms with Crippen LogP contribution in [0.25, 0.3) is 0 Å². The molecule has 0 radical (unpaired) electrons. The van der Waals surface area contributed by atoms with Crippen LogP contribution in [0.5, 0.6) is 0 Å². The van der Waals surface area contributed by atoms with Gasteiger partial charge in [-0.05, 0) is 27.7 Å². The van der Waals surface area contributed by atoms with Crippen molar-refractivity contribution < 1.29 is 12.9 Å². The van der Waals surface area contributed by atoms with Gasteiger partial charge >= 0.3 is 0 Å². The first-order valence-corrected chi connectivity index (χ1v) is 11.4. The first-order chi connectivity index (χ1) is 13.3. The van der Waals surface area contributed by atoms with Gasteiger partial charge in [-0.15, -0.1) is 0 Å². The smallest absolute Gasteiger partial charge is 0.235 e. The van der Waals surface area contributed by atoms with Crippen molar-refractivity contribution in [3.63, 3.8) is 0 Å². The Labute approximate surface area is 165 Å². The summed E-state index contributed by atoms with van der Waals surface area (Å²) in [4.78, 5) is 6.87. The molecule has 2 saturated heterocycles. The first kappa shape index (κ1) is 19.5. The van der Waals surface area contributed by atoms with E-state index >= 15 is 0 Å². The van der Waals surface area contributed by atoms with Crippen molar-refractivity contribution in [1.82, 2.24) is 29.1 Å². The standard InChI is InChI=1S/C18H28N6O3S/c1-5-24-13(3)15(7-19-24)8-22-9-16-10-23(28(25,26)6-2)12-18(16,11-22)17-20-14(4)21-27-17/h7,16H,5-6,8-12H2,1-4H3/t16-,18-/m0/s1. The van der Waals surface area contributed by atoms with Gasteiger partial charge in [0.15, 0.2) is 5.82 Å². The fraction of sp³-hybridized carbons (Fsp3) is 0.722. The van der Waals surface area contributed by atoms with E-state index in [2.05, 4.69) is 34.0 Å². The quantitative estimate of drug-likeness (QED) is 0.701. The van der Waals surface area contributed by atoms with E-state index < -0.39 is 15.4 Å². The molecule has 9 nitrogen and oxygen atoms in total. The van der Waals surface area contributed by atoms with E-state index in [-0.39, 0.29) is 11.7 Å². The molecule has 0 aliphatic carbocycles. The van der Waals surface area contributed by atoms with Gasteiger partial charge in [-0.2, -0.15) is 10.1 Å². The Balaban J connectivity index is 1.62. The topological polar surface area (TPSA) is 97.4 Å². The number of aryl methyl sites for hydroxylation is 2. The van der Waals surface area contributed by atoms with E-state index in [1.165, 1.54) is 11.3 Å². The molecular formula is C18H28N6O3S. The van der Waals surface area contributed by atoms with Crippen LogP contribution in [0.15, 0.2) is 10.7 Å². The Kier molecular flexibility index (Phi) is 4.83. The molecule has 0 unspecified atom stereocenters. The Bertz CT molecular complexity index is 968. The zero-order valence-corrected chi connectivity index (χ0v) is 17.7. The lowest BCUT2D eigenvalue weighted by molar-refractivity contribution is 0.244. The number of aromatic nitrogens is 4. The molecule has 2 aromatic heterocycles. The molecule has 154 valence electrons. The third kappa shape index (κ3) is 3.07. The van der Waals surface area contributed by atoms with Gasteiger partial charge in [0, 0.05) is 56.4 Å². The van der Waals surface area contributed by atoms with Crippen molar-refractivity contribution in [2.24, 2.45) is 5.92 Å². The average molecular weight is 409 g/mol. The molecule has 0 N–H and O–H groups in total. The Morgan fingerprint density at radius 3 is 2.64 bits per heavy atom. The highest BCUT2D eigenvalue weighted by atomic mass is 32.2. The van der Waals surface area contributed by atoms with Crippen molar-refractivity contribution >= 4 is 10.0 Å². The summed E-state index contributed by atoms with van der Waals surface area (Å²) in [6.07, 6.45) is 1.93. The summed E-state index contributed by atoms with van der Waals surface area (Å²) in [7, 11) is -3.25. The second-order valence-electron chi connectivity index (χ2n) is 7.93. The van der Waals surface area contributed by atoms with E-state index in [0.717, 1.165) is 19.6 Å². The number of hydrogen-bond acceptors (Lipinski definition) is 7. The molecule has 2 aliphatic heterocycles. The van der Waals surface area contributed by atoms with Gasteiger partial charge in [0.25, 0.3) is 0 Å². The number of hydrogen-bond donors (Lipinski definition) is 0. The molecule has 2 aliphatic rings. The van der Waals surface area contributed by atoms with E-state index in [1.54, 1.807) is 18.2 Å². The third-order valence-corrected chi connectivity index (χ3v) is 8.05. The number of nitrogens with zero attached hydrogens (tertiary/aromatic N) is 6. The van der Waals surface area contributed by atoms with Crippen LogP contribution in [0.4, 0.5) is 0 Å². The highest BCUT2D eigenvalue weighted by Crippen LogP contribution is 2.45. The van der Waals surface area contributed by atoms with Crippen LogP contribution < -0.4 is 0 Å². The lowest BCUT2D eigenvalue weighted by atomic mass is 9.81. The largest absolute Gasteiger partial charge is 0.339 e. The molecule has 4 rings (SSSR count). The molecule has 0 spiro atoms. The molecule has 0 saturated carbocycles. The molecule has 28 heavy (non-hydrogen) atoms. The van der Waals surface area contributed by atoms with Gasteiger partial charge in [-0.3, -0.25) is 9.58 Å². The summed E-state index contributed by atoms with van der Waals surface area (Å²) in [5.41, 5.74) is 1.94. The van der Waals surface area contributed by atoms with Crippen LogP contribution >= 0.6 is 0 Å². The summed E-state index contributed by atoms with van der Waals surface area (Å²) in [5.74, 6) is 1.39. The zero-order chi connectivity index (χ0) is 20.1. The minimum absolute atomic E-state index is 0.109. The fourth-order valence-corrected chi connectivity index (χ4v) is 5.84. The van der Waals surface area contributed by atoms with E-state index in [9.17, 15) is 8.42 Å². The molecule has 2 atom stereocenters. The minimum atomic E-state index is -3.25. The second-order valence-corrected chi connectivity index (χ2v) is 10.2. The van der Waals surface area contributed by atoms with Crippen LogP contribution in [0, 0.1) is 19.8 Å². The van der Waals surface area contributed by atoms with Gasteiger partial charge in [-0.25, -0.2) is 12.7 Å². The van der Waals surface area contributed by atoms with Crippen molar-refractivity contribution in [3.8, 4) is 0 Å². The van der Waals surface area contributed by atoms with Crippen LogP contribution in [-0.4, -0.2) is 69.5 Å². The van der Waals surface area contributed by atoms with Crippen molar-refractivity contribution in [3.05, 3.63) is 29.2 Å². The number of fused-ring (bicyclic) bond motifs is 1. The summed E-state index contributed by atoms with van der Waals surface area (Å²) in [6, 6.07) is 0. The third-order valence-electron chi connectivity index (χ3n) is 6.26. The fourth-order valence-electron chi connectivity index (χ4n) is 4.64. The second kappa shape index (κ2) is 6.93. The monoisotopic (exact) mass is 408 g/mol. The number of likely N-dealkylation sites (tertiary alicyclic amines) is 1. The highest BCUT2D eigenvalue weighted by Gasteiger charge is 2.58. The molecule has 4 heterocycles. The van der Waals surface area contributed by atoms with Gasteiger partial charge in [0.2, 0.25) is 15.9 Å². The maximum Gasteiger partial charge on any atom is 0.235 e. The lowest BCUT2D eigenvalue weighted by Gasteiger charge is -2.25. The SMILES string of the molecule is CCn1ncc(CN2C[C@H]3CN(S(=O)(=O)CC)C[C@@]3(c3nc(C)no3)C2)c1C. The van der Waals surface area contributed by atoms with Crippen LogP contribution in [0.1, 0.15) is 36.8 Å². The van der Waals surface area contributed by atoms with Crippen LogP contribution in [0.3, 0.4) is 0 Å². The van der Waals surface area contributed by atoms with Crippen molar-refractivity contribution in [2.75, 3.05) is 31.9 Å². The maximum atomic E-state index is 12.5. The summed E-state index contributed by atoms with van der Waals surface area (Å²) < 4.78 is 34.2. The van der Waals surface area contributed by atoms with Gasteiger partial charge in [-0.1, -0.05) is 5.16 Å². The predicted octanol–water partition coefficient (Wildman–Crippen LogP) is 0.938. The molecule has 2 aromatic rings. The summed E-state index contributed by atoms with van der Waals surface area (Å²) >= 11 is 0. The molecular weight excluding hydrogens is 380 g/mol. The first-order valence-electron chi connectivity index (χ1n) is 9.81. The average Bonchev–Trinajstić information content (AvgIpc) is 3.39. The summed E-state index contributed by atoms with van der Waals surface area (Å²) in [5, 5.41) is 8.42. The lowest BCUT2D eigenvalue weighted by Crippen LogP contribution is -2.40. The van der Waals surface area contributed by atoms with Gasteiger partial charge < -0.3 is 4.52 Å². The van der Waals surface area contributed by atoms with E-state index in [1.807, 2.05) is 10.9 Å². The molecule has 10 heteroatoms. The molecule has 0 amide bonds. The maximum absolute atomic E-state index is 12.5. The summed E-state index contributed by atoms with van der Waals surface area (Å²) in [6.45, 7) is 11.7. The van der Waals surface area contributed by atoms with Gasteiger partial charge in [0.1, 0.15) is 0 Å². The predicted molar refractivity (Wildman–Crippen MR) is 103 cm³/mol. The van der Waals surface area contributed by atoms with Gasteiger partial charge in [0.05, 0.1) is 17.4 Å². The van der Waals surface area contributed by atoms with E-state index in [0.29, 0.717) is 31.3 Å². The molecule has 0 aromatic carbocycles. The highest BCUT2D eigenvalue weighted by molar-refractivity contribution is 7.89. The van der Waals surface area contributed by atoms with Crippen LogP contribution in [-0.2, 0) is 28.5 Å². The Morgan fingerprint density at radius 2 is 2.04 bits per heavy atom. The zero-order valence-electron chi connectivity index (χ0n) is 16.9. The number of sulfonamides is 1. The number of rotatable bonds is 6. The van der Waals surface area contributed by atoms with Crippen molar-refractivity contribution in [1.29, 1.82) is 0 Å². The van der Waals surface area contributed by atoms with Crippen LogP contribution in [0.2, 0.25) is 0 Å². The van der Waals surface area contributed by atoms with E-state index in [4.69, 9.17) is 4.52 Å². The Hall–Kier alpha value is -1.78. The molecule has 2 fully saturated rings. The Morgan fingerprint density at radius 1 is 1.25 bits per heavy atom. The minimum Gasteiger partial charge on any atom is -0.339 e.